The highest BCUT2D eigenvalue weighted by Gasteiger charge is 2.59. The summed E-state index contributed by atoms with van der Waals surface area (Å²) < 4.78 is 142. The maximum Gasteiger partial charge on any atom is 0.397 e. The molecule has 0 radical (unpaired) electrons. The van der Waals surface area contributed by atoms with Crippen LogP contribution in [-0.2, 0) is 32.1 Å². The molecule has 0 bridgehead atoms. The second-order valence-corrected chi connectivity index (χ2v) is 15.8. The van der Waals surface area contributed by atoms with Gasteiger partial charge in [-0.2, -0.15) is 35.1 Å². The van der Waals surface area contributed by atoms with Crippen molar-refractivity contribution in [3.8, 4) is 0 Å². The van der Waals surface area contributed by atoms with Crippen molar-refractivity contribution in [2.24, 2.45) is 33.0 Å². The maximum atomic E-state index is 15.1. The minimum atomic E-state index is -5.17. The summed E-state index contributed by atoms with van der Waals surface area (Å²) in [4.78, 5) is 53.1. The first-order chi connectivity index (χ1) is 30.5. The molecule has 2 rings (SSSR count). The van der Waals surface area contributed by atoms with Crippen molar-refractivity contribution in [2.75, 3.05) is 6.54 Å². The lowest BCUT2D eigenvalue weighted by molar-refractivity contribution is -0.227. The molecule has 2 aromatic rings. The van der Waals surface area contributed by atoms with Crippen LogP contribution in [0.1, 0.15) is 76.1 Å². The number of amides is 4. The second-order valence-electron chi connectivity index (χ2n) is 15.8. The summed E-state index contributed by atoms with van der Waals surface area (Å²) in [5.41, 5.74) is 9.24. The van der Waals surface area contributed by atoms with E-state index in [1.54, 1.807) is 0 Å². The number of carbonyl (C=O) groups is 4. The number of alkyl halides is 8. The molecule has 0 saturated heterocycles. The quantitative estimate of drug-likeness (QED) is 0.0421. The number of rotatable bonds is 23. The molecule has 12 N–H and O–H groups in total. The van der Waals surface area contributed by atoms with Crippen LogP contribution in [0.3, 0.4) is 0 Å². The maximum absolute atomic E-state index is 15.1. The molecule has 0 heterocycles. The molecule has 0 spiro atoms. The lowest BCUT2D eigenvalue weighted by atomic mass is 9.76. The molecule has 24 heteroatoms. The van der Waals surface area contributed by atoms with E-state index in [0.717, 1.165) is 18.3 Å². The number of aliphatic imine (C=N–C) groups is 1. The number of benzene rings is 2. The molecule has 2 aromatic carbocycles. The molecule has 0 fully saturated rings. The van der Waals surface area contributed by atoms with E-state index in [2.05, 4.69) is 20.9 Å². The smallest absolute Gasteiger partial charge is 0.397 e. The number of halogens is 10. The van der Waals surface area contributed by atoms with Gasteiger partial charge in [-0.05, 0) is 56.0 Å². The molecule has 366 valence electrons. The van der Waals surface area contributed by atoms with Gasteiger partial charge < -0.3 is 49.0 Å². The van der Waals surface area contributed by atoms with Crippen molar-refractivity contribution in [3.05, 3.63) is 82.2 Å². The van der Waals surface area contributed by atoms with Gasteiger partial charge in [0, 0.05) is 73.4 Å². The van der Waals surface area contributed by atoms with Crippen molar-refractivity contribution in [1.82, 2.24) is 21.3 Å². The van der Waals surface area contributed by atoms with Gasteiger partial charge in [-0.3, -0.25) is 19.2 Å². The SMILES string of the molecule is CCC(=O)NC(C(=O)NC(Cc1ccc(C(C=N)=C(N)CC(C)(C(NC(=O)CC)C(N)=O)C(F)(F)F)cc1)C(O)CNCc1c(F)cc(C(C=NC(F)F)=CN)cc1F)C(C)(C)C(F)(F)F. The Bertz CT molecular complexity index is 2120. The molecule has 0 aromatic heterocycles. The Hall–Kier alpha value is -6.04. The Labute approximate surface area is 373 Å². The predicted molar refractivity (Wildman–Crippen MR) is 225 cm³/mol. The van der Waals surface area contributed by atoms with Gasteiger partial charge in [0.2, 0.25) is 23.6 Å². The van der Waals surface area contributed by atoms with Crippen LogP contribution in [0.15, 0.2) is 53.3 Å². The van der Waals surface area contributed by atoms with Gasteiger partial charge >= 0.3 is 18.9 Å². The molecule has 0 aliphatic rings. The van der Waals surface area contributed by atoms with Gasteiger partial charge in [-0.1, -0.05) is 38.1 Å². The number of hydrogen-bond donors (Lipinski definition) is 9. The number of nitrogens with two attached hydrogens (primary N) is 3. The first-order valence-electron chi connectivity index (χ1n) is 20.0. The number of allylic oxidation sites excluding steroid dienone is 3. The third kappa shape index (κ3) is 14.5. The molecule has 0 aliphatic carbocycles. The first-order valence-corrected chi connectivity index (χ1v) is 20.0. The van der Waals surface area contributed by atoms with Crippen molar-refractivity contribution in [1.29, 1.82) is 5.41 Å². The number of aliphatic hydroxyl groups excluding tert-OH is 1. The fourth-order valence-corrected chi connectivity index (χ4v) is 6.43. The summed E-state index contributed by atoms with van der Waals surface area (Å²) in [6.07, 6.45) is -12.1. The topological polar surface area (TPSA) is 251 Å². The van der Waals surface area contributed by atoms with E-state index < -0.39 is 126 Å². The number of nitrogens with zero attached hydrogens (tertiary/aromatic N) is 1. The summed E-state index contributed by atoms with van der Waals surface area (Å²) in [5, 5.41) is 28.3. The lowest BCUT2D eigenvalue weighted by Crippen LogP contribution is -2.62. The molecule has 4 amide bonds. The Morgan fingerprint density at radius 3 is 1.80 bits per heavy atom. The number of nitrogens with one attached hydrogen (secondary N) is 5. The van der Waals surface area contributed by atoms with Crippen LogP contribution in [0, 0.1) is 27.9 Å². The van der Waals surface area contributed by atoms with Gasteiger partial charge in [0.1, 0.15) is 23.7 Å². The van der Waals surface area contributed by atoms with E-state index in [-0.39, 0.29) is 40.7 Å². The molecular weight excluding hydrogens is 900 g/mol. The summed E-state index contributed by atoms with van der Waals surface area (Å²) >= 11 is 0. The Kier molecular flexibility index (Phi) is 19.9. The van der Waals surface area contributed by atoms with Crippen LogP contribution < -0.4 is 38.5 Å². The van der Waals surface area contributed by atoms with Crippen molar-refractivity contribution in [3.63, 3.8) is 0 Å². The minimum absolute atomic E-state index is 0.0477. The average Bonchev–Trinajstić information content (AvgIpc) is 3.22. The van der Waals surface area contributed by atoms with E-state index in [9.17, 15) is 59.4 Å². The second kappa shape index (κ2) is 23.4. The molecule has 0 saturated carbocycles. The van der Waals surface area contributed by atoms with E-state index >= 15 is 8.78 Å². The average molecular weight is 954 g/mol. The molecule has 5 unspecified atom stereocenters. The fraction of sp³-hybridized carbons (Fsp3) is 0.476. The fourth-order valence-electron chi connectivity index (χ4n) is 6.43. The highest BCUT2D eigenvalue weighted by molar-refractivity contribution is 6.10. The van der Waals surface area contributed by atoms with Crippen LogP contribution >= 0.6 is 0 Å². The standard InChI is InChI=1S/C42H53F10N9O5/c1-6-32(63)60-34(36(56)65)40(5,42(50,51)52)15-29(55)25(17-54)22-10-8-21(9-11-22)12-30(59-37(66)35(61-33(64)7-2)39(3,4)41(47,48)49)31(62)20-57-19-26-27(43)13-23(14-28(26)44)24(16-53)18-58-38(45)46/h8-11,13-14,16-18,30-31,34-35,38,54,57,62H,6-7,12,15,19-20,53,55H2,1-5H3,(H2,56,65)(H,59,66)(H,60,63)(H,61,64). The van der Waals surface area contributed by atoms with Gasteiger partial charge in [-0.15, -0.1) is 0 Å². The molecule has 66 heavy (non-hydrogen) atoms. The third-order valence-corrected chi connectivity index (χ3v) is 10.7. The summed E-state index contributed by atoms with van der Waals surface area (Å²) in [7, 11) is 0. The van der Waals surface area contributed by atoms with Gasteiger partial charge in [0.15, 0.2) is 0 Å². The normalized spacial score (nSPS) is 15.9. The highest BCUT2D eigenvalue weighted by Crippen LogP contribution is 2.46. The Morgan fingerprint density at radius 2 is 1.36 bits per heavy atom. The van der Waals surface area contributed by atoms with Crippen molar-refractivity contribution >= 4 is 47.2 Å². The predicted octanol–water partition coefficient (Wildman–Crippen LogP) is 4.88. The molecular formula is C42H53F10N9O5. The van der Waals surface area contributed by atoms with E-state index in [1.165, 1.54) is 38.1 Å². The summed E-state index contributed by atoms with van der Waals surface area (Å²) in [5.74, 6) is -7.08. The van der Waals surface area contributed by atoms with Crippen LogP contribution in [-0.4, -0.2) is 90.8 Å². The zero-order valence-corrected chi connectivity index (χ0v) is 36.4. The number of aliphatic hydroxyl groups is 1. The number of hydrogen-bond acceptors (Lipinski definition) is 10. The summed E-state index contributed by atoms with van der Waals surface area (Å²) in [6.45, 7) is 0.253. The van der Waals surface area contributed by atoms with Gasteiger partial charge in [-0.25, -0.2) is 13.8 Å². The molecule has 5 atom stereocenters. The minimum Gasteiger partial charge on any atom is -0.404 e. The zero-order valence-electron chi connectivity index (χ0n) is 36.4. The summed E-state index contributed by atoms with van der Waals surface area (Å²) in [6, 6.07) is 0.708. The van der Waals surface area contributed by atoms with Gasteiger partial charge in [0.25, 0.3) is 0 Å². The van der Waals surface area contributed by atoms with E-state index in [0.29, 0.717) is 33.2 Å². The zero-order chi connectivity index (χ0) is 50.5. The van der Waals surface area contributed by atoms with E-state index in [1.807, 2.05) is 5.32 Å². The Balaban J connectivity index is 2.58. The molecule has 0 aliphatic heterocycles. The third-order valence-electron chi connectivity index (χ3n) is 10.7. The van der Waals surface area contributed by atoms with Crippen LogP contribution in [0.2, 0.25) is 0 Å². The van der Waals surface area contributed by atoms with Crippen LogP contribution in [0.5, 0.6) is 0 Å². The molecule has 14 nitrogen and oxygen atoms in total. The monoisotopic (exact) mass is 953 g/mol. The van der Waals surface area contributed by atoms with E-state index in [4.69, 9.17) is 22.6 Å². The van der Waals surface area contributed by atoms with Gasteiger partial charge in [0.05, 0.1) is 23.0 Å². The van der Waals surface area contributed by atoms with Crippen molar-refractivity contribution in [2.45, 2.75) is 110 Å². The largest absolute Gasteiger partial charge is 0.404 e. The van der Waals surface area contributed by atoms with Crippen LogP contribution in [0.4, 0.5) is 43.9 Å². The Morgan fingerprint density at radius 1 is 0.833 bits per heavy atom. The van der Waals surface area contributed by atoms with Crippen molar-refractivity contribution < 1.29 is 68.2 Å². The lowest BCUT2D eigenvalue weighted by Gasteiger charge is -2.38. The highest BCUT2D eigenvalue weighted by atomic mass is 19.4. The number of primary amides is 1. The number of carbonyl (C=O) groups excluding carboxylic acids is 4. The first kappa shape index (κ1) is 56.1. The van der Waals surface area contributed by atoms with Crippen LogP contribution in [0.25, 0.3) is 11.1 Å².